The molecule has 0 amide bonds. The van der Waals surface area contributed by atoms with Crippen LogP contribution in [-0.4, -0.2) is 20.2 Å². The molecule has 0 aliphatic heterocycles. The highest BCUT2D eigenvalue weighted by atomic mass is 15.1. The smallest absolute Gasteiger partial charge is 0.221 e. The van der Waals surface area contributed by atoms with E-state index < -0.39 is 0 Å². The maximum atomic E-state index is 5.51. The van der Waals surface area contributed by atoms with Crippen molar-refractivity contribution < 1.29 is 0 Å². The van der Waals surface area contributed by atoms with E-state index in [0.29, 0.717) is 6.54 Å². The van der Waals surface area contributed by atoms with Crippen LogP contribution in [0.5, 0.6) is 0 Å². The number of aryl methyl sites for hydroxylation is 1. The van der Waals surface area contributed by atoms with Crippen LogP contribution in [0.4, 0.5) is 11.8 Å². The summed E-state index contributed by atoms with van der Waals surface area (Å²) in [6.07, 6.45) is 3.32. The first-order valence-electron chi connectivity index (χ1n) is 4.85. The molecule has 3 N–H and O–H groups in total. The molecule has 0 radical (unpaired) electrons. The van der Waals surface area contributed by atoms with E-state index in [9.17, 15) is 0 Å². The second-order valence-electron chi connectivity index (χ2n) is 3.33. The van der Waals surface area contributed by atoms with Gasteiger partial charge in [-0.2, -0.15) is 15.2 Å². The Bertz CT molecular complexity index is 470. The van der Waals surface area contributed by atoms with Crippen molar-refractivity contribution in [3.8, 4) is 0 Å². The highest BCUT2D eigenvalue weighted by Gasteiger charge is 2.01. The summed E-state index contributed by atoms with van der Waals surface area (Å²) in [4.78, 5) is 7.99. The second-order valence-corrected chi connectivity index (χ2v) is 3.33. The van der Waals surface area contributed by atoms with Gasteiger partial charge >= 0.3 is 0 Å². The SMILES string of the molecule is Cc1cnc(N)nc1NCc1cccnn1. The number of hydrogen-bond acceptors (Lipinski definition) is 6. The standard InChI is InChI=1S/C10H12N6/c1-7-5-13-10(11)15-9(7)12-6-8-3-2-4-14-16-8/h2-5H,6H2,1H3,(H3,11,12,13,15). The zero-order chi connectivity index (χ0) is 11.4. The predicted molar refractivity (Wildman–Crippen MR) is 60.5 cm³/mol. The van der Waals surface area contributed by atoms with Gasteiger partial charge in [-0.3, -0.25) is 0 Å². The molecule has 0 fully saturated rings. The second kappa shape index (κ2) is 4.52. The highest BCUT2D eigenvalue weighted by molar-refractivity contribution is 5.45. The first-order chi connectivity index (χ1) is 7.75. The molecule has 0 saturated heterocycles. The molecule has 0 aliphatic carbocycles. The fraction of sp³-hybridized carbons (Fsp3) is 0.200. The van der Waals surface area contributed by atoms with Crippen LogP contribution in [0.3, 0.4) is 0 Å². The summed E-state index contributed by atoms with van der Waals surface area (Å²) in [5, 5.41) is 10.9. The van der Waals surface area contributed by atoms with Crippen LogP contribution in [0.25, 0.3) is 0 Å². The third-order valence-electron chi connectivity index (χ3n) is 2.05. The summed E-state index contributed by atoms with van der Waals surface area (Å²) >= 11 is 0. The van der Waals surface area contributed by atoms with Gasteiger partial charge in [0.05, 0.1) is 12.2 Å². The monoisotopic (exact) mass is 216 g/mol. The minimum absolute atomic E-state index is 0.257. The Morgan fingerprint density at radius 1 is 1.44 bits per heavy atom. The van der Waals surface area contributed by atoms with Crippen molar-refractivity contribution in [2.24, 2.45) is 0 Å². The van der Waals surface area contributed by atoms with E-state index in [2.05, 4.69) is 25.5 Å². The lowest BCUT2D eigenvalue weighted by Crippen LogP contribution is -2.07. The van der Waals surface area contributed by atoms with Crippen LogP contribution in [0.15, 0.2) is 24.5 Å². The topological polar surface area (TPSA) is 89.6 Å². The van der Waals surface area contributed by atoms with Gasteiger partial charge in [0.1, 0.15) is 5.82 Å². The van der Waals surface area contributed by atoms with Crippen molar-refractivity contribution in [1.82, 2.24) is 20.2 Å². The Morgan fingerprint density at radius 3 is 3.06 bits per heavy atom. The molecule has 0 spiro atoms. The van der Waals surface area contributed by atoms with E-state index in [1.807, 2.05) is 19.1 Å². The third kappa shape index (κ3) is 2.41. The van der Waals surface area contributed by atoms with Crippen LogP contribution < -0.4 is 11.1 Å². The van der Waals surface area contributed by atoms with Crippen LogP contribution in [0.2, 0.25) is 0 Å². The average molecular weight is 216 g/mol. The lowest BCUT2D eigenvalue weighted by atomic mass is 10.3. The van der Waals surface area contributed by atoms with Crippen LogP contribution in [-0.2, 0) is 6.54 Å². The van der Waals surface area contributed by atoms with E-state index in [0.717, 1.165) is 17.1 Å². The normalized spacial score (nSPS) is 10.1. The molecule has 2 aromatic rings. The van der Waals surface area contributed by atoms with Crippen LogP contribution >= 0.6 is 0 Å². The molecule has 0 aliphatic rings. The number of nitrogens with one attached hydrogen (secondary N) is 1. The highest BCUT2D eigenvalue weighted by Crippen LogP contribution is 2.11. The Balaban J connectivity index is 2.08. The Morgan fingerprint density at radius 2 is 2.31 bits per heavy atom. The van der Waals surface area contributed by atoms with Crippen molar-refractivity contribution in [2.75, 3.05) is 11.1 Å². The first kappa shape index (κ1) is 10.3. The quantitative estimate of drug-likeness (QED) is 0.787. The van der Waals surface area contributed by atoms with Crippen LogP contribution in [0, 0.1) is 6.92 Å². The molecule has 0 atom stereocenters. The fourth-order valence-electron chi connectivity index (χ4n) is 1.24. The molecule has 0 saturated carbocycles. The van der Waals surface area contributed by atoms with Gasteiger partial charge in [-0.05, 0) is 19.1 Å². The van der Waals surface area contributed by atoms with Crippen molar-refractivity contribution in [2.45, 2.75) is 13.5 Å². The molecule has 0 bridgehead atoms. The first-order valence-corrected chi connectivity index (χ1v) is 4.85. The molecule has 6 heteroatoms. The summed E-state index contributed by atoms with van der Waals surface area (Å²) < 4.78 is 0. The minimum Gasteiger partial charge on any atom is -0.368 e. The molecule has 2 rings (SSSR count). The molecule has 82 valence electrons. The maximum absolute atomic E-state index is 5.51. The largest absolute Gasteiger partial charge is 0.368 e. The van der Waals surface area contributed by atoms with Gasteiger partial charge in [0, 0.05) is 18.0 Å². The van der Waals surface area contributed by atoms with Crippen molar-refractivity contribution >= 4 is 11.8 Å². The summed E-state index contributed by atoms with van der Waals surface area (Å²) in [5.41, 5.74) is 7.30. The average Bonchev–Trinajstić information content (AvgIpc) is 2.32. The molecule has 0 unspecified atom stereocenters. The maximum Gasteiger partial charge on any atom is 0.221 e. The zero-order valence-corrected chi connectivity index (χ0v) is 8.88. The van der Waals surface area contributed by atoms with E-state index in [1.54, 1.807) is 12.4 Å². The molecule has 2 heterocycles. The van der Waals surface area contributed by atoms with Crippen molar-refractivity contribution in [3.05, 3.63) is 35.8 Å². The Hall–Kier alpha value is -2.24. The number of anilines is 2. The summed E-state index contributed by atoms with van der Waals surface area (Å²) in [5.74, 6) is 0.977. The van der Waals surface area contributed by atoms with Crippen LogP contribution in [0.1, 0.15) is 11.3 Å². The Kier molecular flexibility index (Phi) is 2.90. The minimum atomic E-state index is 0.257. The predicted octanol–water partition coefficient (Wildman–Crippen LogP) is 0.769. The van der Waals surface area contributed by atoms with Gasteiger partial charge in [-0.25, -0.2) is 4.98 Å². The van der Waals surface area contributed by atoms with Crippen molar-refractivity contribution in [3.63, 3.8) is 0 Å². The number of nitrogen functional groups attached to an aromatic ring is 1. The van der Waals surface area contributed by atoms with E-state index in [4.69, 9.17) is 5.73 Å². The lowest BCUT2D eigenvalue weighted by molar-refractivity contribution is 0.918. The molecule has 2 aromatic heterocycles. The molecule has 0 aromatic carbocycles. The molecular weight excluding hydrogens is 204 g/mol. The summed E-state index contributed by atoms with van der Waals surface area (Å²) in [6.45, 7) is 2.48. The number of rotatable bonds is 3. The third-order valence-corrected chi connectivity index (χ3v) is 2.05. The van der Waals surface area contributed by atoms with Gasteiger partial charge in [0.25, 0.3) is 0 Å². The number of nitrogens with two attached hydrogens (primary N) is 1. The van der Waals surface area contributed by atoms with Crippen molar-refractivity contribution in [1.29, 1.82) is 0 Å². The molecular formula is C10H12N6. The fourth-order valence-corrected chi connectivity index (χ4v) is 1.24. The summed E-state index contributed by atoms with van der Waals surface area (Å²) in [6, 6.07) is 3.73. The molecule has 6 nitrogen and oxygen atoms in total. The van der Waals surface area contributed by atoms with E-state index >= 15 is 0 Å². The van der Waals surface area contributed by atoms with Gasteiger partial charge < -0.3 is 11.1 Å². The zero-order valence-electron chi connectivity index (χ0n) is 8.88. The van der Waals surface area contributed by atoms with Gasteiger partial charge in [-0.15, -0.1) is 0 Å². The Labute approximate surface area is 93.0 Å². The van der Waals surface area contributed by atoms with Gasteiger partial charge in [0.2, 0.25) is 5.95 Å². The number of nitrogens with zero attached hydrogens (tertiary/aromatic N) is 4. The van der Waals surface area contributed by atoms with Gasteiger partial charge in [-0.1, -0.05) is 0 Å². The number of aromatic nitrogens is 4. The number of hydrogen-bond donors (Lipinski definition) is 2. The summed E-state index contributed by atoms with van der Waals surface area (Å²) in [7, 11) is 0. The van der Waals surface area contributed by atoms with E-state index in [1.165, 1.54) is 0 Å². The lowest BCUT2D eigenvalue weighted by Gasteiger charge is -2.07. The molecule has 16 heavy (non-hydrogen) atoms. The van der Waals surface area contributed by atoms with E-state index in [-0.39, 0.29) is 5.95 Å². The van der Waals surface area contributed by atoms with Gasteiger partial charge in [0.15, 0.2) is 0 Å².